The Morgan fingerprint density at radius 2 is 1.61 bits per heavy atom. The van der Waals surface area contributed by atoms with Gasteiger partial charge in [-0.2, -0.15) is 21.8 Å². The summed E-state index contributed by atoms with van der Waals surface area (Å²) in [5, 5.41) is 3.75. The summed E-state index contributed by atoms with van der Waals surface area (Å²) < 4.78 is 66.1. The fourth-order valence-electron chi connectivity index (χ4n) is 2.86. The lowest BCUT2D eigenvalue weighted by atomic mass is 9.87. The fraction of sp³-hybridized carbons (Fsp3) is 0.125. The molecule has 0 radical (unpaired) electrons. The molecule has 1 aromatic rings. The van der Waals surface area contributed by atoms with Crippen LogP contribution in [0.5, 0.6) is 0 Å². The van der Waals surface area contributed by atoms with E-state index in [2.05, 4.69) is 34.4 Å². The molecule has 0 fully saturated rings. The normalized spacial score (nSPS) is 21.4. The smallest absolute Gasteiger partial charge is 0.284 e. The summed E-state index contributed by atoms with van der Waals surface area (Å²) in [5.41, 5.74) is -2.71. The van der Waals surface area contributed by atoms with Crippen LogP contribution in [0.1, 0.15) is 5.56 Å². The summed E-state index contributed by atoms with van der Waals surface area (Å²) >= 11 is 9.01. The van der Waals surface area contributed by atoms with Gasteiger partial charge in [-0.15, -0.1) is 0 Å². The SMILES string of the molecule is O=S(=O)(O)C1(S(=O)(=O)O)C(N=C=S)=CC=CC1(C=Cc1ccccc1)N=C=S. The third kappa shape index (κ3) is 3.60. The molecular formula is C16H12N2O6S4. The Bertz CT molecular complexity index is 1140. The van der Waals surface area contributed by atoms with E-state index in [9.17, 15) is 25.9 Å². The number of allylic oxidation sites excluding steroid dienone is 2. The number of aliphatic imine (C=N–C) groups is 2. The largest absolute Gasteiger partial charge is 0.297 e. The van der Waals surface area contributed by atoms with Gasteiger partial charge in [0.15, 0.2) is 5.54 Å². The number of isothiocyanates is 2. The molecule has 0 amide bonds. The highest BCUT2D eigenvalue weighted by Crippen LogP contribution is 2.48. The first-order valence-electron chi connectivity index (χ1n) is 7.31. The van der Waals surface area contributed by atoms with E-state index in [1.807, 2.05) is 10.3 Å². The third-order valence-corrected chi connectivity index (χ3v) is 7.89. The Morgan fingerprint density at radius 1 is 1.00 bits per heavy atom. The Morgan fingerprint density at radius 3 is 2.11 bits per heavy atom. The molecule has 0 saturated heterocycles. The van der Waals surface area contributed by atoms with E-state index in [1.54, 1.807) is 30.3 Å². The molecule has 0 bridgehead atoms. The molecule has 8 nitrogen and oxygen atoms in total. The zero-order valence-electron chi connectivity index (χ0n) is 13.8. The van der Waals surface area contributed by atoms with Gasteiger partial charge in [-0.25, -0.2) is 4.99 Å². The van der Waals surface area contributed by atoms with Gasteiger partial charge in [0, 0.05) is 0 Å². The maximum atomic E-state index is 12.4. The van der Waals surface area contributed by atoms with Gasteiger partial charge in [-0.05, 0) is 48.2 Å². The van der Waals surface area contributed by atoms with Crippen molar-refractivity contribution in [2.75, 3.05) is 0 Å². The van der Waals surface area contributed by atoms with E-state index in [4.69, 9.17) is 0 Å². The standard InChI is InChI=1S/C16H12N2O6S4/c19-27(20,21)16(28(22,23)24)14(17-11-25)7-4-9-15(16,18-12-26)10-8-13-5-2-1-3-6-13/h1-10H,(H,19,20,21)(H,22,23,24). The van der Waals surface area contributed by atoms with Crippen LogP contribution in [-0.4, -0.2) is 45.9 Å². The van der Waals surface area contributed by atoms with E-state index in [1.165, 1.54) is 12.2 Å². The first-order valence-corrected chi connectivity index (χ1v) is 11.0. The van der Waals surface area contributed by atoms with Gasteiger partial charge in [0.25, 0.3) is 24.3 Å². The lowest BCUT2D eigenvalue weighted by Gasteiger charge is -2.40. The summed E-state index contributed by atoms with van der Waals surface area (Å²) in [7, 11) is -11.2. The molecule has 1 aromatic carbocycles. The molecule has 1 aliphatic rings. The minimum atomic E-state index is -5.62. The monoisotopic (exact) mass is 456 g/mol. The maximum absolute atomic E-state index is 12.4. The van der Waals surface area contributed by atoms with Crippen molar-refractivity contribution in [1.82, 2.24) is 0 Å². The number of benzene rings is 1. The first-order chi connectivity index (χ1) is 13.1. The number of thiocarbonyl (C=S) groups is 2. The molecule has 1 atom stereocenters. The average Bonchev–Trinajstić information content (AvgIpc) is 2.59. The second-order valence-electron chi connectivity index (χ2n) is 5.45. The lowest BCUT2D eigenvalue weighted by Crippen LogP contribution is -2.62. The van der Waals surface area contributed by atoms with E-state index < -0.39 is 35.6 Å². The lowest BCUT2D eigenvalue weighted by molar-refractivity contribution is 0.404. The van der Waals surface area contributed by atoms with Crippen molar-refractivity contribution in [2.24, 2.45) is 9.98 Å². The second kappa shape index (κ2) is 8.08. The van der Waals surface area contributed by atoms with Crippen LogP contribution in [0.2, 0.25) is 0 Å². The highest BCUT2D eigenvalue weighted by Gasteiger charge is 2.71. The maximum Gasteiger partial charge on any atom is 0.297 e. The molecule has 2 rings (SSSR count). The van der Waals surface area contributed by atoms with Crippen LogP contribution in [0.15, 0.2) is 70.3 Å². The summed E-state index contributed by atoms with van der Waals surface area (Å²) in [6.45, 7) is 0. The van der Waals surface area contributed by atoms with Gasteiger partial charge in [0.1, 0.15) is 0 Å². The van der Waals surface area contributed by atoms with Crippen molar-refractivity contribution < 1.29 is 25.9 Å². The molecule has 0 spiro atoms. The fourth-order valence-corrected chi connectivity index (χ4v) is 6.12. The Balaban J connectivity index is 3.02. The molecule has 0 saturated carbocycles. The van der Waals surface area contributed by atoms with E-state index in [0.29, 0.717) is 5.56 Å². The van der Waals surface area contributed by atoms with E-state index in [-0.39, 0.29) is 0 Å². The zero-order valence-corrected chi connectivity index (χ0v) is 17.1. The second-order valence-corrected chi connectivity index (χ2v) is 9.20. The molecule has 2 N–H and O–H groups in total. The van der Waals surface area contributed by atoms with Gasteiger partial charge < -0.3 is 0 Å². The number of hydrogen-bond donors (Lipinski definition) is 2. The minimum absolute atomic E-state index is 0.545. The topological polar surface area (TPSA) is 133 Å². The Hall–Kier alpha value is -2.14. The summed E-state index contributed by atoms with van der Waals surface area (Å²) in [6.07, 6.45) is 5.58. The molecule has 1 unspecified atom stereocenters. The average molecular weight is 457 g/mol. The number of rotatable bonds is 6. The van der Waals surface area contributed by atoms with Gasteiger partial charge in [-0.3, -0.25) is 9.11 Å². The summed E-state index contributed by atoms with van der Waals surface area (Å²) in [6, 6.07) is 8.40. The Labute approximate surface area is 172 Å². The Kier molecular flexibility index (Phi) is 6.39. The molecule has 0 aliphatic heterocycles. The van der Waals surface area contributed by atoms with Crippen LogP contribution >= 0.6 is 24.4 Å². The quantitative estimate of drug-likeness (QED) is 0.379. The highest BCUT2D eigenvalue weighted by molar-refractivity contribution is 8.05. The number of hydrogen-bond acceptors (Lipinski definition) is 8. The van der Waals surface area contributed by atoms with Crippen molar-refractivity contribution in [2.45, 2.75) is 9.62 Å². The third-order valence-electron chi connectivity index (χ3n) is 3.92. The highest BCUT2D eigenvalue weighted by atomic mass is 32.3. The molecular weight excluding hydrogens is 444 g/mol. The van der Waals surface area contributed by atoms with Crippen molar-refractivity contribution in [3.63, 3.8) is 0 Å². The first kappa shape index (κ1) is 22.2. The van der Waals surface area contributed by atoms with Crippen LogP contribution < -0.4 is 0 Å². The van der Waals surface area contributed by atoms with Crippen LogP contribution in [0, 0.1) is 0 Å². The van der Waals surface area contributed by atoms with Crippen LogP contribution in [0.25, 0.3) is 6.08 Å². The zero-order chi connectivity index (χ0) is 21.1. The van der Waals surface area contributed by atoms with Crippen LogP contribution in [-0.2, 0) is 20.2 Å². The number of nitrogens with zero attached hydrogens (tertiary/aromatic N) is 2. The van der Waals surface area contributed by atoms with Crippen molar-refractivity contribution in [3.8, 4) is 0 Å². The van der Waals surface area contributed by atoms with Crippen LogP contribution in [0.3, 0.4) is 0 Å². The van der Waals surface area contributed by atoms with Crippen molar-refractivity contribution >= 4 is 61.1 Å². The molecule has 146 valence electrons. The van der Waals surface area contributed by atoms with E-state index >= 15 is 0 Å². The van der Waals surface area contributed by atoms with E-state index in [0.717, 1.165) is 18.2 Å². The molecule has 12 heteroatoms. The van der Waals surface area contributed by atoms with Crippen molar-refractivity contribution in [3.05, 3.63) is 65.9 Å². The van der Waals surface area contributed by atoms with Gasteiger partial charge in [0.05, 0.1) is 16.0 Å². The van der Waals surface area contributed by atoms with Gasteiger partial charge in [0.2, 0.25) is 0 Å². The molecule has 28 heavy (non-hydrogen) atoms. The van der Waals surface area contributed by atoms with Crippen LogP contribution in [0.4, 0.5) is 0 Å². The summed E-state index contributed by atoms with van der Waals surface area (Å²) in [5.74, 6) is 0. The van der Waals surface area contributed by atoms with Gasteiger partial charge >= 0.3 is 0 Å². The molecule has 1 aliphatic carbocycles. The minimum Gasteiger partial charge on any atom is -0.284 e. The predicted molar refractivity (Wildman–Crippen MR) is 111 cm³/mol. The van der Waals surface area contributed by atoms with Crippen molar-refractivity contribution in [1.29, 1.82) is 0 Å². The summed E-state index contributed by atoms with van der Waals surface area (Å²) in [4.78, 5) is 7.14. The van der Waals surface area contributed by atoms with Gasteiger partial charge in [-0.1, -0.05) is 42.5 Å². The molecule has 0 heterocycles. The molecule has 0 aromatic heterocycles. The predicted octanol–water partition coefficient (Wildman–Crippen LogP) is 2.57.